The highest BCUT2D eigenvalue weighted by Gasteiger charge is 2.30. The number of ketones is 1. The predicted molar refractivity (Wildman–Crippen MR) is 89.6 cm³/mol. The molecular weight excluding hydrogens is 308 g/mol. The number of rotatable bonds is 5. The number of carbonyl (C=O) groups excluding carboxylic acids is 1. The molecule has 24 heavy (non-hydrogen) atoms. The fourth-order valence-corrected chi connectivity index (χ4v) is 2.64. The molecule has 0 aliphatic carbocycles. The molecule has 1 atom stereocenters. The Morgan fingerprint density at radius 3 is 2.62 bits per heavy atom. The van der Waals surface area contributed by atoms with E-state index in [1.54, 1.807) is 56.7 Å². The third kappa shape index (κ3) is 3.12. The third-order valence-electron chi connectivity index (χ3n) is 3.91. The van der Waals surface area contributed by atoms with Crippen molar-refractivity contribution in [3.8, 4) is 17.2 Å². The van der Waals surface area contributed by atoms with Crippen molar-refractivity contribution in [3.05, 3.63) is 59.2 Å². The van der Waals surface area contributed by atoms with Crippen LogP contribution in [-0.4, -0.2) is 31.4 Å². The van der Waals surface area contributed by atoms with E-state index in [2.05, 4.69) is 0 Å². The van der Waals surface area contributed by atoms with Crippen molar-refractivity contribution in [1.82, 2.24) is 0 Å². The Morgan fingerprint density at radius 1 is 1.21 bits per heavy atom. The van der Waals surface area contributed by atoms with E-state index in [-0.39, 0.29) is 11.5 Å². The molecular formula is C19H18O5. The van der Waals surface area contributed by atoms with E-state index in [0.717, 1.165) is 11.1 Å². The summed E-state index contributed by atoms with van der Waals surface area (Å²) in [6, 6.07) is 10.1. The van der Waals surface area contributed by atoms with Crippen LogP contribution in [-0.2, 0) is 11.2 Å². The van der Waals surface area contributed by atoms with Crippen LogP contribution in [0.2, 0.25) is 0 Å². The predicted octanol–water partition coefficient (Wildman–Crippen LogP) is 3.20. The van der Waals surface area contributed by atoms with E-state index in [9.17, 15) is 9.90 Å². The van der Waals surface area contributed by atoms with Crippen LogP contribution < -0.4 is 9.47 Å². The Labute approximate surface area is 140 Å². The lowest BCUT2D eigenvalue weighted by molar-refractivity contribution is -0.0369. The standard InChI is InChI=1S/C19H18O5/c1-22-17-10-8-14(19-15(17)11-18(23-2)24-19)16(21)9-5-12-3-6-13(20)7-4-12/h3-10,18,20H,11H2,1-2H3/b9-5+/t18-/m0/s1. The number of carbonyl (C=O) groups is 1. The minimum absolute atomic E-state index is 0.168. The van der Waals surface area contributed by atoms with Gasteiger partial charge in [0.05, 0.1) is 12.7 Å². The van der Waals surface area contributed by atoms with Crippen molar-refractivity contribution in [2.45, 2.75) is 12.7 Å². The molecule has 2 aromatic rings. The molecule has 0 radical (unpaired) electrons. The monoisotopic (exact) mass is 326 g/mol. The summed E-state index contributed by atoms with van der Waals surface area (Å²) in [6.45, 7) is 0. The molecule has 0 fully saturated rings. The van der Waals surface area contributed by atoms with Gasteiger partial charge in [0, 0.05) is 19.1 Å². The van der Waals surface area contributed by atoms with Gasteiger partial charge in [0.25, 0.3) is 0 Å². The third-order valence-corrected chi connectivity index (χ3v) is 3.91. The van der Waals surface area contributed by atoms with Gasteiger partial charge in [0.15, 0.2) is 5.78 Å². The molecule has 124 valence electrons. The van der Waals surface area contributed by atoms with Gasteiger partial charge in [-0.05, 0) is 35.9 Å². The second-order valence-corrected chi connectivity index (χ2v) is 5.40. The summed E-state index contributed by atoms with van der Waals surface area (Å²) < 4.78 is 16.3. The van der Waals surface area contributed by atoms with E-state index >= 15 is 0 Å². The number of fused-ring (bicyclic) bond motifs is 1. The molecule has 0 saturated carbocycles. The number of methoxy groups -OCH3 is 2. The van der Waals surface area contributed by atoms with Crippen molar-refractivity contribution >= 4 is 11.9 Å². The highest BCUT2D eigenvalue weighted by Crippen LogP contribution is 2.39. The summed E-state index contributed by atoms with van der Waals surface area (Å²) in [7, 11) is 3.15. The summed E-state index contributed by atoms with van der Waals surface area (Å²) >= 11 is 0. The zero-order chi connectivity index (χ0) is 17.1. The maximum absolute atomic E-state index is 12.5. The van der Waals surface area contributed by atoms with Crippen molar-refractivity contribution in [1.29, 1.82) is 0 Å². The van der Waals surface area contributed by atoms with Crippen LogP contribution in [0.5, 0.6) is 17.2 Å². The average molecular weight is 326 g/mol. The number of phenolic OH excluding ortho intramolecular Hbond substituents is 1. The Balaban J connectivity index is 1.88. The average Bonchev–Trinajstić information content (AvgIpc) is 3.04. The first-order valence-corrected chi connectivity index (χ1v) is 7.53. The first-order valence-electron chi connectivity index (χ1n) is 7.53. The second kappa shape index (κ2) is 6.76. The molecule has 0 spiro atoms. The smallest absolute Gasteiger partial charge is 0.203 e. The van der Waals surface area contributed by atoms with E-state index in [1.807, 2.05) is 0 Å². The molecule has 2 aromatic carbocycles. The molecule has 1 N–H and O–H groups in total. The Kier molecular flexibility index (Phi) is 4.53. The maximum atomic E-state index is 12.5. The zero-order valence-electron chi connectivity index (χ0n) is 13.5. The van der Waals surface area contributed by atoms with Crippen molar-refractivity contribution in [2.75, 3.05) is 14.2 Å². The Morgan fingerprint density at radius 2 is 1.96 bits per heavy atom. The van der Waals surface area contributed by atoms with Gasteiger partial charge in [-0.1, -0.05) is 18.2 Å². The van der Waals surface area contributed by atoms with Crippen LogP contribution >= 0.6 is 0 Å². The van der Waals surface area contributed by atoms with Crippen molar-refractivity contribution < 1.29 is 24.1 Å². The van der Waals surface area contributed by atoms with Crippen molar-refractivity contribution in [3.63, 3.8) is 0 Å². The molecule has 1 heterocycles. The maximum Gasteiger partial charge on any atom is 0.203 e. The van der Waals surface area contributed by atoms with Crippen LogP contribution in [0.4, 0.5) is 0 Å². The van der Waals surface area contributed by atoms with Gasteiger partial charge in [-0.3, -0.25) is 4.79 Å². The Bertz CT molecular complexity index is 777. The van der Waals surface area contributed by atoms with E-state index in [0.29, 0.717) is 23.5 Å². The summed E-state index contributed by atoms with van der Waals surface area (Å²) in [5.74, 6) is 1.22. The van der Waals surface area contributed by atoms with Gasteiger partial charge in [0.1, 0.15) is 17.2 Å². The first kappa shape index (κ1) is 16.1. The summed E-state index contributed by atoms with van der Waals surface area (Å²) in [5, 5.41) is 9.28. The molecule has 0 saturated heterocycles. The van der Waals surface area contributed by atoms with Crippen LogP contribution in [0.15, 0.2) is 42.5 Å². The minimum Gasteiger partial charge on any atom is -0.508 e. The first-order chi connectivity index (χ1) is 11.6. The van der Waals surface area contributed by atoms with E-state index in [1.165, 1.54) is 6.08 Å². The highest BCUT2D eigenvalue weighted by molar-refractivity contribution is 6.09. The van der Waals surface area contributed by atoms with Gasteiger partial charge in [0.2, 0.25) is 6.29 Å². The molecule has 0 amide bonds. The van der Waals surface area contributed by atoms with Crippen LogP contribution in [0.25, 0.3) is 6.08 Å². The summed E-state index contributed by atoms with van der Waals surface area (Å²) in [4.78, 5) is 12.5. The van der Waals surface area contributed by atoms with Crippen molar-refractivity contribution in [2.24, 2.45) is 0 Å². The topological polar surface area (TPSA) is 65.0 Å². The molecule has 1 aliphatic heterocycles. The molecule has 5 nitrogen and oxygen atoms in total. The van der Waals surface area contributed by atoms with Crippen LogP contribution in [0, 0.1) is 0 Å². The zero-order valence-corrected chi connectivity index (χ0v) is 13.5. The number of benzene rings is 2. The number of aromatic hydroxyl groups is 1. The summed E-state index contributed by atoms with van der Waals surface area (Å²) in [6.07, 6.45) is 3.31. The molecule has 1 aliphatic rings. The van der Waals surface area contributed by atoms with Crippen LogP contribution in [0.3, 0.4) is 0 Å². The highest BCUT2D eigenvalue weighted by atomic mass is 16.7. The fourth-order valence-electron chi connectivity index (χ4n) is 2.64. The lowest BCUT2D eigenvalue weighted by Crippen LogP contribution is -2.15. The lowest BCUT2D eigenvalue weighted by atomic mass is 10.0. The van der Waals surface area contributed by atoms with Gasteiger partial charge >= 0.3 is 0 Å². The molecule has 0 unspecified atom stereocenters. The van der Waals surface area contributed by atoms with Gasteiger partial charge < -0.3 is 19.3 Å². The number of ether oxygens (including phenoxy) is 3. The minimum atomic E-state index is -0.413. The number of hydrogen-bond acceptors (Lipinski definition) is 5. The van der Waals surface area contributed by atoms with E-state index < -0.39 is 6.29 Å². The number of hydrogen-bond donors (Lipinski definition) is 1. The quantitative estimate of drug-likeness (QED) is 0.675. The Hall–Kier alpha value is -2.79. The van der Waals surface area contributed by atoms with Crippen LogP contribution in [0.1, 0.15) is 21.5 Å². The molecule has 5 heteroatoms. The van der Waals surface area contributed by atoms with Gasteiger partial charge in [-0.15, -0.1) is 0 Å². The number of allylic oxidation sites excluding steroid dienone is 1. The molecule has 3 rings (SSSR count). The van der Waals surface area contributed by atoms with Gasteiger partial charge in [-0.25, -0.2) is 0 Å². The molecule has 0 aromatic heterocycles. The van der Waals surface area contributed by atoms with E-state index in [4.69, 9.17) is 14.2 Å². The molecule has 0 bridgehead atoms. The lowest BCUT2D eigenvalue weighted by Gasteiger charge is -2.10. The SMILES string of the molecule is COc1ccc(C(=O)/C=C/c2ccc(O)cc2)c2c1C[C@@H](OC)O2. The summed E-state index contributed by atoms with van der Waals surface area (Å²) in [5.41, 5.74) is 2.13. The largest absolute Gasteiger partial charge is 0.508 e. The second-order valence-electron chi connectivity index (χ2n) is 5.40. The normalized spacial score (nSPS) is 16.0. The van der Waals surface area contributed by atoms with Gasteiger partial charge in [-0.2, -0.15) is 0 Å². The fraction of sp³-hybridized carbons (Fsp3) is 0.211. The number of phenols is 1.